The first-order valence-corrected chi connectivity index (χ1v) is 10.9. The Kier molecular flexibility index (Phi) is 6.39. The van der Waals surface area contributed by atoms with Crippen molar-refractivity contribution >= 4 is 16.9 Å². The highest BCUT2D eigenvalue weighted by atomic mass is 19.1. The third kappa shape index (κ3) is 4.97. The Labute approximate surface area is 181 Å². The van der Waals surface area contributed by atoms with E-state index in [2.05, 4.69) is 22.0 Å². The molecular weight excluding hydrogens is 395 g/mol. The average molecular weight is 425 g/mol. The minimum absolute atomic E-state index is 0.168. The van der Waals surface area contributed by atoms with Gasteiger partial charge in [0.05, 0.1) is 11.7 Å². The largest absolute Gasteiger partial charge is 0.454 e. The summed E-state index contributed by atoms with van der Waals surface area (Å²) in [6, 6.07) is 12.3. The van der Waals surface area contributed by atoms with E-state index in [4.69, 9.17) is 4.74 Å². The van der Waals surface area contributed by atoms with Crippen LogP contribution in [0, 0.1) is 12.7 Å². The van der Waals surface area contributed by atoms with Crippen molar-refractivity contribution < 1.29 is 19.0 Å². The number of aromatic nitrogens is 1. The van der Waals surface area contributed by atoms with Gasteiger partial charge in [-0.1, -0.05) is 18.2 Å². The lowest BCUT2D eigenvalue weighted by molar-refractivity contribution is 0.0339. The number of piperidine rings is 1. The Morgan fingerprint density at radius 3 is 2.77 bits per heavy atom. The standard InChI is InChI=1S/C25H29FN2O3/c1-16-24(25(30)31-17(2)19-4-3-5-20(26)15-19)22-14-18(6-7-23(22)27-16)8-11-28-12-9-21(29)10-13-28/h3-7,14-15,17,21,27,29H,8-13H2,1-2H3. The molecule has 31 heavy (non-hydrogen) atoms. The fourth-order valence-electron chi connectivity index (χ4n) is 4.27. The highest BCUT2D eigenvalue weighted by molar-refractivity contribution is 6.05. The molecule has 5 nitrogen and oxygen atoms in total. The van der Waals surface area contributed by atoms with Crippen LogP contribution in [0.4, 0.5) is 4.39 Å². The number of likely N-dealkylation sites (tertiary alicyclic amines) is 1. The number of fused-ring (bicyclic) bond motifs is 1. The SMILES string of the molecule is Cc1[nH]c2ccc(CCN3CCC(O)CC3)cc2c1C(=O)OC(C)c1cccc(F)c1. The molecule has 1 saturated heterocycles. The summed E-state index contributed by atoms with van der Waals surface area (Å²) in [5.74, 6) is -0.765. The average Bonchev–Trinajstić information content (AvgIpc) is 3.08. The van der Waals surface area contributed by atoms with E-state index in [1.165, 1.54) is 12.1 Å². The second kappa shape index (κ2) is 9.20. The van der Waals surface area contributed by atoms with Crippen LogP contribution in [0.1, 0.15) is 53.0 Å². The number of carbonyl (C=O) groups excluding carboxylic acids is 1. The topological polar surface area (TPSA) is 65.6 Å². The molecule has 1 unspecified atom stereocenters. The van der Waals surface area contributed by atoms with Crippen LogP contribution >= 0.6 is 0 Å². The highest BCUT2D eigenvalue weighted by Gasteiger charge is 2.21. The number of nitrogens with zero attached hydrogens (tertiary/aromatic N) is 1. The summed E-state index contributed by atoms with van der Waals surface area (Å²) >= 11 is 0. The fraction of sp³-hybridized carbons (Fsp3) is 0.400. The number of H-pyrrole nitrogens is 1. The minimum atomic E-state index is -0.551. The van der Waals surface area contributed by atoms with E-state index >= 15 is 0 Å². The monoisotopic (exact) mass is 424 g/mol. The summed E-state index contributed by atoms with van der Waals surface area (Å²) in [7, 11) is 0. The lowest BCUT2D eigenvalue weighted by Gasteiger charge is -2.29. The van der Waals surface area contributed by atoms with E-state index in [0.717, 1.165) is 61.1 Å². The van der Waals surface area contributed by atoms with Crippen molar-refractivity contribution in [3.8, 4) is 0 Å². The molecule has 2 heterocycles. The quantitative estimate of drug-likeness (QED) is 0.571. The molecule has 0 aliphatic carbocycles. The van der Waals surface area contributed by atoms with Gasteiger partial charge in [-0.25, -0.2) is 9.18 Å². The van der Waals surface area contributed by atoms with E-state index in [1.54, 1.807) is 19.1 Å². The maximum absolute atomic E-state index is 13.5. The number of halogens is 1. The molecule has 1 aliphatic rings. The predicted molar refractivity (Wildman–Crippen MR) is 119 cm³/mol. The van der Waals surface area contributed by atoms with Gasteiger partial charge in [-0.3, -0.25) is 0 Å². The fourth-order valence-corrected chi connectivity index (χ4v) is 4.27. The van der Waals surface area contributed by atoms with Gasteiger partial charge in [-0.15, -0.1) is 0 Å². The van der Waals surface area contributed by atoms with Crippen LogP contribution < -0.4 is 0 Å². The van der Waals surface area contributed by atoms with Gasteiger partial charge < -0.3 is 19.7 Å². The predicted octanol–water partition coefficient (Wildman–Crippen LogP) is 4.53. The van der Waals surface area contributed by atoms with Crippen molar-refractivity contribution in [2.24, 2.45) is 0 Å². The Morgan fingerprint density at radius 2 is 2.03 bits per heavy atom. The normalized spacial score (nSPS) is 16.5. The van der Waals surface area contributed by atoms with Crippen molar-refractivity contribution in [1.82, 2.24) is 9.88 Å². The molecule has 0 amide bonds. The molecule has 0 saturated carbocycles. The number of hydrogen-bond donors (Lipinski definition) is 2. The third-order valence-electron chi connectivity index (χ3n) is 6.13. The van der Waals surface area contributed by atoms with E-state index in [0.29, 0.717) is 11.1 Å². The first-order chi connectivity index (χ1) is 14.9. The Hall–Kier alpha value is -2.70. The van der Waals surface area contributed by atoms with Gasteiger partial charge in [-0.2, -0.15) is 0 Å². The van der Waals surface area contributed by atoms with Crippen LogP contribution in [0.25, 0.3) is 10.9 Å². The molecular formula is C25H29FN2O3. The van der Waals surface area contributed by atoms with Gasteiger partial charge in [0, 0.05) is 36.2 Å². The molecule has 0 radical (unpaired) electrons. The van der Waals surface area contributed by atoms with Gasteiger partial charge in [0.2, 0.25) is 0 Å². The van der Waals surface area contributed by atoms with Gasteiger partial charge in [0.15, 0.2) is 0 Å². The van der Waals surface area contributed by atoms with E-state index < -0.39 is 12.1 Å². The lowest BCUT2D eigenvalue weighted by Crippen LogP contribution is -2.37. The highest BCUT2D eigenvalue weighted by Crippen LogP contribution is 2.27. The van der Waals surface area contributed by atoms with Crippen LogP contribution in [0.2, 0.25) is 0 Å². The maximum atomic E-state index is 13.5. The van der Waals surface area contributed by atoms with Crippen molar-refractivity contribution in [2.75, 3.05) is 19.6 Å². The molecule has 2 aromatic carbocycles. The van der Waals surface area contributed by atoms with Crippen molar-refractivity contribution in [2.45, 2.75) is 45.3 Å². The zero-order valence-corrected chi connectivity index (χ0v) is 18.0. The summed E-state index contributed by atoms with van der Waals surface area (Å²) in [6.07, 6.45) is 1.82. The van der Waals surface area contributed by atoms with Gasteiger partial charge in [0.25, 0.3) is 0 Å². The number of hydrogen-bond acceptors (Lipinski definition) is 4. The van der Waals surface area contributed by atoms with Crippen LogP contribution in [-0.4, -0.2) is 46.7 Å². The number of benzene rings is 2. The van der Waals surface area contributed by atoms with E-state index in [9.17, 15) is 14.3 Å². The number of aromatic amines is 1. The van der Waals surface area contributed by atoms with Crippen molar-refractivity contribution in [1.29, 1.82) is 0 Å². The maximum Gasteiger partial charge on any atom is 0.341 e. The van der Waals surface area contributed by atoms with E-state index in [1.807, 2.05) is 13.0 Å². The number of aryl methyl sites for hydroxylation is 1. The first kappa shape index (κ1) is 21.5. The molecule has 0 spiro atoms. The van der Waals surface area contributed by atoms with Crippen LogP contribution in [0.15, 0.2) is 42.5 Å². The summed E-state index contributed by atoms with van der Waals surface area (Å²) in [6.45, 7) is 6.38. The number of esters is 1. The number of nitrogens with one attached hydrogen (secondary N) is 1. The molecule has 164 valence electrons. The van der Waals surface area contributed by atoms with Crippen molar-refractivity contribution in [3.63, 3.8) is 0 Å². The summed E-state index contributed by atoms with van der Waals surface area (Å²) in [5.41, 5.74) is 3.96. The van der Waals surface area contributed by atoms with Gasteiger partial charge in [-0.05, 0) is 68.5 Å². The second-order valence-corrected chi connectivity index (χ2v) is 8.43. The van der Waals surface area contributed by atoms with Gasteiger partial charge in [0.1, 0.15) is 11.9 Å². The number of carbonyl (C=O) groups is 1. The molecule has 0 bridgehead atoms. The zero-order valence-electron chi connectivity index (χ0n) is 18.0. The molecule has 1 aromatic heterocycles. The van der Waals surface area contributed by atoms with Gasteiger partial charge >= 0.3 is 5.97 Å². The second-order valence-electron chi connectivity index (χ2n) is 8.43. The van der Waals surface area contributed by atoms with Crippen LogP contribution in [0.3, 0.4) is 0 Å². The smallest absolute Gasteiger partial charge is 0.341 e. The molecule has 2 N–H and O–H groups in total. The lowest BCUT2D eigenvalue weighted by atomic mass is 10.0. The molecule has 1 fully saturated rings. The number of rotatable bonds is 6. The van der Waals surface area contributed by atoms with E-state index in [-0.39, 0.29) is 11.9 Å². The number of ether oxygens (including phenoxy) is 1. The summed E-state index contributed by atoms with van der Waals surface area (Å²) in [5, 5.41) is 10.5. The Balaban J connectivity index is 1.49. The van der Waals surface area contributed by atoms with Crippen LogP contribution in [0.5, 0.6) is 0 Å². The third-order valence-corrected chi connectivity index (χ3v) is 6.13. The Morgan fingerprint density at radius 1 is 1.26 bits per heavy atom. The molecule has 1 aliphatic heterocycles. The van der Waals surface area contributed by atoms with Crippen LogP contribution in [-0.2, 0) is 11.2 Å². The number of aliphatic hydroxyl groups excluding tert-OH is 1. The molecule has 3 aromatic rings. The minimum Gasteiger partial charge on any atom is -0.454 e. The first-order valence-electron chi connectivity index (χ1n) is 10.9. The zero-order chi connectivity index (χ0) is 22.0. The molecule has 1 atom stereocenters. The molecule has 6 heteroatoms. The number of aliphatic hydroxyl groups is 1. The summed E-state index contributed by atoms with van der Waals surface area (Å²) in [4.78, 5) is 18.6. The summed E-state index contributed by atoms with van der Waals surface area (Å²) < 4.78 is 19.2. The molecule has 4 rings (SSSR count). The van der Waals surface area contributed by atoms with Crippen molar-refractivity contribution in [3.05, 3.63) is 70.7 Å². The Bertz CT molecular complexity index is 1070.